The van der Waals surface area contributed by atoms with Gasteiger partial charge in [0.1, 0.15) is 0 Å². The molecule has 6 heteroatoms. The fourth-order valence-electron chi connectivity index (χ4n) is 3.28. The van der Waals surface area contributed by atoms with E-state index in [-0.39, 0.29) is 30.2 Å². The number of hydrogen-bond donors (Lipinski definition) is 0. The van der Waals surface area contributed by atoms with Crippen LogP contribution in [0.15, 0.2) is 24.3 Å². The van der Waals surface area contributed by atoms with Gasteiger partial charge in [0.2, 0.25) is 5.91 Å². The molecule has 0 aromatic heterocycles. The number of carbonyl (C=O) groups is 3. The summed E-state index contributed by atoms with van der Waals surface area (Å²) in [7, 11) is 0. The normalized spacial score (nSPS) is 17.5. The molecule has 0 bridgehead atoms. The lowest BCUT2D eigenvalue weighted by atomic mass is 10.1. The monoisotopic (exact) mass is 345 g/mol. The molecule has 1 fully saturated rings. The molecule has 0 saturated carbocycles. The number of anilines is 1. The second-order valence-electron chi connectivity index (χ2n) is 6.03. The first-order chi connectivity index (χ1) is 12.0. The third-order valence-corrected chi connectivity index (χ3v) is 4.80. The van der Waals surface area contributed by atoms with E-state index in [4.69, 9.17) is 0 Å². The molecule has 0 aliphatic carbocycles. The minimum Gasteiger partial charge on any atom is -0.339 e. The molecule has 0 N–H and O–H groups in total. The van der Waals surface area contributed by atoms with Crippen LogP contribution in [0.3, 0.4) is 0 Å². The van der Waals surface area contributed by atoms with Gasteiger partial charge in [-0.3, -0.25) is 19.3 Å². The molecule has 1 aromatic carbocycles. The highest BCUT2D eigenvalue weighted by Gasteiger charge is 2.41. The van der Waals surface area contributed by atoms with Gasteiger partial charge in [-0.15, -0.1) is 0 Å². The van der Waals surface area contributed by atoms with Gasteiger partial charge in [-0.25, -0.2) is 4.90 Å². The van der Waals surface area contributed by atoms with Crippen LogP contribution in [0.2, 0.25) is 0 Å². The summed E-state index contributed by atoms with van der Waals surface area (Å²) in [5.74, 6) is -0.419. The third kappa shape index (κ3) is 3.74. The van der Waals surface area contributed by atoms with Crippen LogP contribution in [-0.2, 0) is 9.59 Å². The Hall–Kier alpha value is -2.21. The maximum atomic E-state index is 12.7. The first-order valence-corrected chi connectivity index (χ1v) is 8.98. The van der Waals surface area contributed by atoms with Gasteiger partial charge in [-0.2, -0.15) is 0 Å². The third-order valence-electron chi connectivity index (χ3n) is 4.80. The number of carbonyl (C=O) groups excluding carboxylic acids is 3. The van der Waals surface area contributed by atoms with Crippen LogP contribution in [-0.4, -0.2) is 59.7 Å². The Kier molecular flexibility index (Phi) is 6.31. The number of amides is 3. The molecular weight excluding hydrogens is 318 g/mol. The molecule has 1 atom stereocenters. The first kappa shape index (κ1) is 19.1. The Morgan fingerprint density at radius 1 is 1.00 bits per heavy atom. The molecule has 1 aliphatic heterocycles. The van der Waals surface area contributed by atoms with E-state index >= 15 is 0 Å². The van der Waals surface area contributed by atoms with Crippen LogP contribution in [0.5, 0.6) is 0 Å². The topological polar surface area (TPSA) is 60.9 Å². The molecule has 1 unspecified atom stereocenters. The Bertz CT molecular complexity index is 634. The first-order valence-electron chi connectivity index (χ1n) is 8.98. The van der Waals surface area contributed by atoms with Crippen LogP contribution >= 0.6 is 0 Å². The summed E-state index contributed by atoms with van der Waals surface area (Å²) in [6.45, 7) is 10.6. The summed E-state index contributed by atoms with van der Waals surface area (Å²) in [5.41, 5.74) is 1.09. The maximum absolute atomic E-state index is 12.7. The van der Waals surface area contributed by atoms with Gasteiger partial charge in [-0.1, -0.05) is 13.8 Å². The zero-order chi connectivity index (χ0) is 18.6. The second-order valence-corrected chi connectivity index (χ2v) is 6.03. The summed E-state index contributed by atoms with van der Waals surface area (Å²) in [5, 5.41) is 0. The number of hydrogen-bond acceptors (Lipinski definition) is 4. The van der Waals surface area contributed by atoms with Crippen LogP contribution < -0.4 is 4.90 Å². The van der Waals surface area contributed by atoms with E-state index in [9.17, 15) is 14.4 Å². The van der Waals surface area contributed by atoms with Crippen molar-refractivity contribution in [3.63, 3.8) is 0 Å². The van der Waals surface area contributed by atoms with Crippen LogP contribution in [0.1, 0.15) is 44.5 Å². The fourth-order valence-corrected chi connectivity index (χ4v) is 3.28. The van der Waals surface area contributed by atoms with Crippen molar-refractivity contribution < 1.29 is 14.4 Å². The molecule has 25 heavy (non-hydrogen) atoms. The van der Waals surface area contributed by atoms with Crippen LogP contribution in [0.4, 0.5) is 5.69 Å². The predicted octanol–water partition coefficient (Wildman–Crippen LogP) is 2.14. The van der Waals surface area contributed by atoms with E-state index in [1.54, 1.807) is 29.2 Å². The fraction of sp³-hybridized carbons (Fsp3) is 0.526. The van der Waals surface area contributed by atoms with E-state index in [0.717, 1.165) is 13.1 Å². The van der Waals surface area contributed by atoms with Gasteiger partial charge in [0.25, 0.3) is 11.8 Å². The number of nitrogens with zero attached hydrogens (tertiary/aromatic N) is 3. The van der Waals surface area contributed by atoms with Crippen molar-refractivity contribution in [2.24, 2.45) is 0 Å². The molecular formula is C19H27N3O3. The molecule has 1 aliphatic rings. The lowest BCUT2D eigenvalue weighted by molar-refractivity contribution is -0.122. The smallest absolute Gasteiger partial charge is 0.253 e. The Balaban J connectivity index is 2.21. The molecule has 0 radical (unpaired) electrons. The highest BCUT2D eigenvalue weighted by molar-refractivity contribution is 6.22. The average molecular weight is 345 g/mol. The van der Waals surface area contributed by atoms with Crippen molar-refractivity contribution in [1.82, 2.24) is 9.80 Å². The number of rotatable bonds is 7. The Morgan fingerprint density at radius 3 is 2.04 bits per heavy atom. The van der Waals surface area contributed by atoms with Gasteiger partial charge < -0.3 is 4.90 Å². The summed E-state index contributed by atoms with van der Waals surface area (Å²) in [6.07, 6.45) is 0.209. The molecule has 1 saturated heterocycles. The van der Waals surface area contributed by atoms with E-state index in [0.29, 0.717) is 24.3 Å². The zero-order valence-corrected chi connectivity index (χ0v) is 15.5. The highest BCUT2D eigenvalue weighted by Crippen LogP contribution is 2.26. The van der Waals surface area contributed by atoms with E-state index in [2.05, 4.69) is 0 Å². The van der Waals surface area contributed by atoms with Gasteiger partial charge >= 0.3 is 0 Å². The molecule has 6 nitrogen and oxygen atoms in total. The number of imide groups is 1. The van der Waals surface area contributed by atoms with Crippen molar-refractivity contribution in [2.45, 2.75) is 40.2 Å². The van der Waals surface area contributed by atoms with Gasteiger partial charge in [-0.05, 0) is 51.2 Å². The quantitative estimate of drug-likeness (QED) is 0.711. The number of benzene rings is 1. The van der Waals surface area contributed by atoms with Crippen LogP contribution in [0.25, 0.3) is 0 Å². The summed E-state index contributed by atoms with van der Waals surface area (Å²) < 4.78 is 0. The average Bonchev–Trinajstić information content (AvgIpc) is 2.92. The maximum Gasteiger partial charge on any atom is 0.253 e. The summed E-state index contributed by atoms with van der Waals surface area (Å²) >= 11 is 0. The molecule has 136 valence electrons. The summed E-state index contributed by atoms with van der Waals surface area (Å²) in [6, 6.07) is 6.33. The van der Waals surface area contributed by atoms with Crippen LogP contribution in [0, 0.1) is 0 Å². The lowest BCUT2D eigenvalue weighted by Crippen LogP contribution is -2.42. The van der Waals surface area contributed by atoms with E-state index < -0.39 is 0 Å². The minimum atomic E-state index is -0.389. The second kappa shape index (κ2) is 8.25. The van der Waals surface area contributed by atoms with Crippen molar-refractivity contribution >= 4 is 23.4 Å². The molecule has 1 heterocycles. The molecule has 3 amide bonds. The van der Waals surface area contributed by atoms with E-state index in [1.165, 1.54) is 4.90 Å². The Labute approximate surface area is 149 Å². The molecule has 0 spiro atoms. The molecule has 1 aromatic rings. The number of likely N-dealkylation sites (N-methyl/N-ethyl adjacent to an activating group) is 1. The van der Waals surface area contributed by atoms with Crippen molar-refractivity contribution in [3.05, 3.63) is 29.8 Å². The standard InChI is InChI=1S/C19H27N3O3/c1-5-20(6-2)16-13-17(23)22(19(16)25)15-11-9-14(10-12-15)18(24)21(7-3)8-4/h9-12,16H,5-8,13H2,1-4H3. The van der Waals surface area contributed by atoms with Crippen molar-refractivity contribution in [2.75, 3.05) is 31.1 Å². The van der Waals surface area contributed by atoms with Crippen molar-refractivity contribution in [1.29, 1.82) is 0 Å². The highest BCUT2D eigenvalue weighted by atomic mass is 16.2. The van der Waals surface area contributed by atoms with E-state index in [1.807, 2.05) is 32.6 Å². The molecule has 2 rings (SSSR count). The van der Waals surface area contributed by atoms with Gasteiger partial charge in [0.15, 0.2) is 0 Å². The predicted molar refractivity (Wildman–Crippen MR) is 97.5 cm³/mol. The van der Waals surface area contributed by atoms with Gasteiger partial charge in [0, 0.05) is 18.7 Å². The summed E-state index contributed by atoms with van der Waals surface area (Å²) in [4.78, 5) is 42.4. The minimum absolute atomic E-state index is 0.0448. The largest absolute Gasteiger partial charge is 0.339 e. The Morgan fingerprint density at radius 2 is 1.56 bits per heavy atom. The zero-order valence-electron chi connectivity index (χ0n) is 15.5. The van der Waals surface area contributed by atoms with Gasteiger partial charge in [0.05, 0.1) is 18.2 Å². The van der Waals surface area contributed by atoms with Crippen molar-refractivity contribution in [3.8, 4) is 0 Å². The SMILES string of the molecule is CCN(CC)C(=O)c1ccc(N2C(=O)CC(N(CC)CC)C2=O)cc1. The lowest BCUT2D eigenvalue weighted by Gasteiger charge is -2.24.